The number of hydrogen-bond acceptors (Lipinski definition) is 1. The molecule has 0 heterocycles. The van der Waals surface area contributed by atoms with E-state index in [4.69, 9.17) is 23.2 Å². The first-order chi connectivity index (χ1) is 8.74. The van der Waals surface area contributed by atoms with E-state index >= 15 is 0 Å². The minimum absolute atomic E-state index is 0.116. The van der Waals surface area contributed by atoms with Gasteiger partial charge in [-0.25, -0.2) is 0 Å². The van der Waals surface area contributed by atoms with Crippen molar-refractivity contribution in [3.63, 3.8) is 0 Å². The van der Waals surface area contributed by atoms with Crippen LogP contribution in [0.5, 0.6) is 0 Å². The van der Waals surface area contributed by atoms with E-state index in [0.717, 1.165) is 18.0 Å². The molecular weight excluding hydrogens is 277 g/mol. The monoisotopic (exact) mass is 301 g/mol. The Morgan fingerprint density at radius 1 is 1.21 bits per heavy atom. The molecule has 0 amide bonds. The molecule has 0 spiro atoms. The van der Waals surface area contributed by atoms with Gasteiger partial charge in [-0.2, -0.15) is 0 Å². The summed E-state index contributed by atoms with van der Waals surface area (Å²) in [5, 5.41) is 5.05. The van der Waals surface area contributed by atoms with E-state index in [1.54, 1.807) is 0 Å². The van der Waals surface area contributed by atoms with E-state index in [1.165, 1.54) is 5.56 Å². The molecule has 0 aliphatic carbocycles. The first-order valence-corrected chi connectivity index (χ1v) is 7.70. The van der Waals surface area contributed by atoms with Gasteiger partial charge in [-0.1, -0.05) is 49.5 Å². The highest BCUT2D eigenvalue weighted by molar-refractivity contribution is 6.35. The van der Waals surface area contributed by atoms with E-state index in [9.17, 15) is 0 Å². The maximum absolute atomic E-state index is 6.36. The zero-order chi connectivity index (χ0) is 14.6. The standard InChI is InChI=1S/C16H25Cl2N/c1-6-11(2)14(10-19-16(3,4)5)13-8-7-12(17)9-15(13)18/h7-9,11,14,19H,6,10H2,1-5H3. The quantitative estimate of drug-likeness (QED) is 0.756. The average molecular weight is 302 g/mol. The predicted octanol–water partition coefficient (Wildman–Crippen LogP) is 5.51. The van der Waals surface area contributed by atoms with Crippen molar-refractivity contribution in [2.24, 2.45) is 5.92 Å². The Morgan fingerprint density at radius 3 is 2.32 bits per heavy atom. The summed E-state index contributed by atoms with van der Waals surface area (Å²) in [4.78, 5) is 0. The van der Waals surface area contributed by atoms with Crippen LogP contribution in [-0.2, 0) is 0 Å². The molecule has 0 saturated carbocycles. The molecule has 0 saturated heterocycles. The highest BCUT2D eigenvalue weighted by Gasteiger charge is 2.22. The molecular formula is C16H25Cl2N. The lowest BCUT2D eigenvalue weighted by Crippen LogP contribution is -2.39. The summed E-state index contributed by atoms with van der Waals surface area (Å²) in [6, 6.07) is 5.83. The summed E-state index contributed by atoms with van der Waals surface area (Å²) in [6.07, 6.45) is 1.13. The van der Waals surface area contributed by atoms with Gasteiger partial charge < -0.3 is 5.32 Å². The van der Waals surface area contributed by atoms with Gasteiger partial charge in [-0.3, -0.25) is 0 Å². The Balaban J connectivity index is 2.96. The maximum atomic E-state index is 6.36. The van der Waals surface area contributed by atoms with E-state index < -0.39 is 0 Å². The normalized spacial score (nSPS) is 15.3. The smallest absolute Gasteiger partial charge is 0.0456 e. The molecule has 0 aliphatic heterocycles. The van der Waals surface area contributed by atoms with Crippen molar-refractivity contribution in [2.45, 2.75) is 52.5 Å². The molecule has 0 aromatic heterocycles. The molecule has 0 radical (unpaired) electrons. The van der Waals surface area contributed by atoms with Gasteiger partial charge in [0.1, 0.15) is 0 Å². The number of rotatable bonds is 5. The van der Waals surface area contributed by atoms with Crippen molar-refractivity contribution >= 4 is 23.2 Å². The van der Waals surface area contributed by atoms with Gasteiger partial charge in [0.25, 0.3) is 0 Å². The fourth-order valence-corrected chi connectivity index (χ4v) is 2.67. The molecule has 1 nitrogen and oxygen atoms in total. The molecule has 1 aromatic rings. The van der Waals surface area contributed by atoms with Crippen LogP contribution in [0.4, 0.5) is 0 Å². The van der Waals surface area contributed by atoms with E-state index in [2.05, 4.69) is 46.0 Å². The van der Waals surface area contributed by atoms with Gasteiger partial charge in [0.15, 0.2) is 0 Å². The zero-order valence-corrected chi connectivity index (χ0v) is 14.1. The summed E-state index contributed by atoms with van der Waals surface area (Å²) in [5.41, 5.74) is 1.31. The van der Waals surface area contributed by atoms with Crippen molar-refractivity contribution < 1.29 is 0 Å². The largest absolute Gasteiger partial charge is 0.311 e. The Morgan fingerprint density at radius 2 is 1.84 bits per heavy atom. The Kier molecular flexibility index (Phi) is 6.16. The van der Waals surface area contributed by atoms with E-state index in [-0.39, 0.29) is 5.54 Å². The second-order valence-corrected chi connectivity index (χ2v) is 7.13. The number of nitrogens with one attached hydrogen (secondary N) is 1. The SMILES string of the molecule is CCC(C)C(CNC(C)(C)C)c1ccc(Cl)cc1Cl. The molecule has 3 heteroatoms. The third-order valence-electron chi connectivity index (χ3n) is 3.55. The second kappa shape index (κ2) is 6.97. The van der Waals surface area contributed by atoms with Crippen LogP contribution in [-0.4, -0.2) is 12.1 Å². The third kappa shape index (κ3) is 5.33. The summed E-state index contributed by atoms with van der Waals surface area (Å²) >= 11 is 12.3. The lowest BCUT2D eigenvalue weighted by molar-refractivity contribution is 0.356. The van der Waals surface area contributed by atoms with Crippen molar-refractivity contribution in [1.82, 2.24) is 5.32 Å². The van der Waals surface area contributed by atoms with Gasteiger partial charge in [0.05, 0.1) is 0 Å². The predicted molar refractivity (Wildman–Crippen MR) is 86.4 cm³/mol. The molecule has 108 valence electrons. The first kappa shape index (κ1) is 16.8. The number of halogens is 2. The summed E-state index contributed by atoms with van der Waals surface area (Å²) in [5.74, 6) is 0.988. The molecule has 2 unspecified atom stereocenters. The highest BCUT2D eigenvalue weighted by Crippen LogP contribution is 2.33. The van der Waals surface area contributed by atoms with Crippen LogP contribution in [0, 0.1) is 5.92 Å². The van der Waals surface area contributed by atoms with Crippen LogP contribution in [0.25, 0.3) is 0 Å². The molecule has 19 heavy (non-hydrogen) atoms. The van der Waals surface area contributed by atoms with Crippen molar-refractivity contribution in [3.05, 3.63) is 33.8 Å². The second-order valence-electron chi connectivity index (χ2n) is 6.29. The minimum Gasteiger partial charge on any atom is -0.311 e. The van der Waals surface area contributed by atoms with Gasteiger partial charge in [0, 0.05) is 28.0 Å². The topological polar surface area (TPSA) is 12.0 Å². The number of hydrogen-bond donors (Lipinski definition) is 1. The molecule has 1 aromatic carbocycles. The van der Waals surface area contributed by atoms with Gasteiger partial charge in [-0.05, 0) is 44.4 Å². The molecule has 0 bridgehead atoms. The van der Waals surface area contributed by atoms with Crippen LogP contribution in [0.15, 0.2) is 18.2 Å². The third-order valence-corrected chi connectivity index (χ3v) is 4.11. The zero-order valence-electron chi connectivity index (χ0n) is 12.6. The summed E-state index contributed by atoms with van der Waals surface area (Å²) < 4.78 is 0. The molecule has 1 rings (SSSR count). The van der Waals surface area contributed by atoms with E-state index in [1.807, 2.05) is 12.1 Å². The van der Waals surface area contributed by atoms with Crippen LogP contribution in [0.1, 0.15) is 52.5 Å². The molecule has 0 aliphatic rings. The van der Waals surface area contributed by atoms with Crippen molar-refractivity contribution in [3.8, 4) is 0 Å². The Bertz CT molecular complexity index is 410. The highest BCUT2D eigenvalue weighted by atomic mass is 35.5. The Hall–Kier alpha value is -0.240. The van der Waals surface area contributed by atoms with Crippen LogP contribution in [0.3, 0.4) is 0 Å². The summed E-state index contributed by atoms with van der Waals surface area (Å²) in [7, 11) is 0. The summed E-state index contributed by atoms with van der Waals surface area (Å²) in [6.45, 7) is 12.0. The van der Waals surface area contributed by atoms with Gasteiger partial charge in [0.2, 0.25) is 0 Å². The fourth-order valence-electron chi connectivity index (χ4n) is 2.12. The van der Waals surface area contributed by atoms with Crippen LogP contribution >= 0.6 is 23.2 Å². The van der Waals surface area contributed by atoms with E-state index in [0.29, 0.717) is 16.9 Å². The minimum atomic E-state index is 0.116. The molecule has 1 N–H and O–H groups in total. The van der Waals surface area contributed by atoms with Crippen LogP contribution in [0.2, 0.25) is 10.0 Å². The number of benzene rings is 1. The molecule has 0 fully saturated rings. The van der Waals surface area contributed by atoms with Gasteiger partial charge >= 0.3 is 0 Å². The lowest BCUT2D eigenvalue weighted by atomic mass is 9.85. The Labute approximate surface area is 127 Å². The van der Waals surface area contributed by atoms with Crippen LogP contribution < -0.4 is 5.32 Å². The lowest BCUT2D eigenvalue weighted by Gasteiger charge is -2.29. The first-order valence-electron chi connectivity index (χ1n) is 6.94. The fraction of sp³-hybridized carbons (Fsp3) is 0.625. The van der Waals surface area contributed by atoms with Crippen molar-refractivity contribution in [2.75, 3.05) is 6.54 Å². The average Bonchev–Trinajstić information content (AvgIpc) is 2.29. The van der Waals surface area contributed by atoms with Gasteiger partial charge in [-0.15, -0.1) is 0 Å². The van der Waals surface area contributed by atoms with Crippen molar-refractivity contribution in [1.29, 1.82) is 0 Å². The maximum Gasteiger partial charge on any atom is 0.0456 e. The molecule has 2 atom stereocenters.